The van der Waals surface area contributed by atoms with Gasteiger partial charge in [-0.05, 0) is 32.9 Å². The van der Waals surface area contributed by atoms with Gasteiger partial charge in [-0.15, -0.1) is 0 Å². The van der Waals surface area contributed by atoms with Gasteiger partial charge in [-0.2, -0.15) is 0 Å². The quantitative estimate of drug-likeness (QED) is 0.849. The first-order chi connectivity index (χ1) is 11.4. The Morgan fingerprint density at radius 3 is 2.58 bits per heavy atom. The number of benzene rings is 1. The van der Waals surface area contributed by atoms with Gasteiger partial charge in [-0.3, -0.25) is 14.4 Å². The summed E-state index contributed by atoms with van der Waals surface area (Å²) in [5.74, 6) is -1.24. The van der Waals surface area contributed by atoms with Gasteiger partial charge in [0.25, 0.3) is 5.91 Å². The molecule has 6 nitrogen and oxygen atoms in total. The first-order valence-corrected chi connectivity index (χ1v) is 7.93. The van der Waals surface area contributed by atoms with Crippen LogP contribution in [0.3, 0.4) is 0 Å². The number of esters is 1. The third kappa shape index (κ3) is 3.48. The number of fused-ring (bicyclic) bond motifs is 1. The predicted octanol–water partition coefficient (Wildman–Crippen LogP) is 1.86. The van der Waals surface area contributed by atoms with Crippen molar-refractivity contribution in [1.29, 1.82) is 0 Å². The van der Waals surface area contributed by atoms with Gasteiger partial charge < -0.3 is 14.6 Å². The number of hydrogen-bond acceptors (Lipinski definition) is 4. The lowest BCUT2D eigenvalue weighted by Gasteiger charge is -2.21. The first-order valence-electron chi connectivity index (χ1n) is 7.93. The molecule has 2 unspecified atom stereocenters. The van der Waals surface area contributed by atoms with Crippen LogP contribution in [0.25, 0.3) is 10.9 Å². The average molecular weight is 330 g/mol. The lowest BCUT2D eigenvalue weighted by molar-refractivity contribution is -0.148. The maximum Gasteiger partial charge on any atom is 0.310 e. The molecule has 6 heteroatoms. The first kappa shape index (κ1) is 17.7. The van der Waals surface area contributed by atoms with Crippen molar-refractivity contribution >= 4 is 22.8 Å². The van der Waals surface area contributed by atoms with Crippen molar-refractivity contribution in [2.24, 2.45) is 13.0 Å². The Hall–Kier alpha value is -2.63. The zero-order valence-electron chi connectivity index (χ0n) is 14.3. The number of nitrogens with zero attached hydrogens (tertiary/aromatic N) is 1. The monoisotopic (exact) mass is 330 g/mol. The number of carbonyl (C=O) groups is 2. The van der Waals surface area contributed by atoms with Crippen LogP contribution >= 0.6 is 0 Å². The summed E-state index contributed by atoms with van der Waals surface area (Å²) in [6, 6.07) is 8.02. The van der Waals surface area contributed by atoms with Crippen molar-refractivity contribution in [1.82, 2.24) is 9.88 Å². The maximum absolute atomic E-state index is 12.5. The molecule has 1 heterocycles. The summed E-state index contributed by atoms with van der Waals surface area (Å²) in [7, 11) is 1.73. The van der Waals surface area contributed by atoms with Crippen LogP contribution in [0, 0.1) is 5.92 Å². The van der Waals surface area contributed by atoms with Crippen LogP contribution in [-0.4, -0.2) is 29.1 Å². The van der Waals surface area contributed by atoms with Crippen LogP contribution in [0.15, 0.2) is 35.1 Å². The number of hydrogen-bond donors (Lipinski definition) is 1. The fraction of sp³-hybridized carbons (Fsp3) is 0.389. The second kappa shape index (κ2) is 7.29. The minimum Gasteiger partial charge on any atom is -0.466 e. The normalized spacial score (nSPS) is 13.3. The molecule has 1 aromatic carbocycles. The number of amides is 1. The molecule has 24 heavy (non-hydrogen) atoms. The Morgan fingerprint density at radius 2 is 1.92 bits per heavy atom. The summed E-state index contributed by atoms with van der Waals surface area (Å²) in [4.78, 5) is 36.5. The van der Waals surface area contributed by atoms with E-state index in [1.807, 2.05) is 6.07 Å². The van der Waals surface area contributed by atoms with Gasteiger partial charge in [0, 0.05) is 24.5 Å². The Kier molecular flexibility index (Phi) is 5.39. The Balaban J connectivity index is 2.27. The van der Waals surface area contributed by atoms with E-state index in [0.29, 0.717) is 17.5 Å². The number of ether oxygens (including phenoxy) is 1. The van der Waals surface area contributed by atoms with E-state index >= 15 is 0 Å². The van der Waals surface area contributed by atoms with Crippen LogP contribution < -0.4 is 10.7 Å². The molecule has 0 saturated heterocycles. The van der Waals surface area contributed by atoms with Gasteiger partial charge >= 0.3 is 5.97 Å². The smallest absolute Gasteiger partial charge is 0.310 e. The van der Waals surface area contributed by atoms with Crippen LogP contribution in [0.2, 0.25) is 0 Å². The Morgan fingerprint density at radius 1 is 1.25 bits per heavy atom. The molecule has 0 aliphatic rings. The summed E-state index contributed by atoms with van der Waals surface area (Å²) in [5.41, 5.74) is 0.725. The fourth-order valence-electron chi connectivity index (χ4n) is 2.50. The van der Waals surface area contributed by atoms with Crippen molar-refractivity contribution in [2.45, 2.75) is 26.8 Å². The minimum absolute atomic E-state index is 0.208. The molecule has 0 aliphatic heterocycles. The molecule has 1 N–H and O–H groups in total. The largest absolute Gasteiger partial charge is 0.466 e. The minimum atomic E-state index is -0.480. The molecule has 2 rings (SSSR count). The SMILES string of the molecule is CCOC(=O)C(C)C(C)NC(=O)c1cc(=O)c2ccccc2n1C. The van der Waals surface area contributed by atoms with E-state index in [-0.39, 0.29) is 17.1 Å². The summed E-state index contributed by atoms with van der Waals surface area (Å²) in [5, 5.41) is 3.33. The standard InChI is InChI=1S/C18H22N2O4/c1-5-24-18(23)11(2)12(3)19-17(22)15-10-16(21)13-8-6-7-9-14(13)20(15)4/h6-12H,5H2,1-4H3,(H,19,22). The third-order valence-corrected chi connectivity index (χ3v) is 4.16. The number of carbonyl (C=O) groups excluding carboxylic acids is 2. The molecular weight excluding hydrogens is 308 g/mol. The molecule has 0 aliphatic carbocycles. The zero-order valence-corrected chi connectivity index (χ0v) is 14.3. The lowest BCUT2D eigenvalue weighted by Crippen LogP contribution is -2.41. The highest BCUT2D eigenvalue weighted by Crippen LogP contribution is 2.12. The van der Waals surface area contributed by atoms with E-state index in [4.69, 9.17) is 4.74 Å². The van der Waals surface area contributed by atoms with Gasteiger partial charge in [-0.1, -0.05) is 12.1 Å². The highest BCUT2D eigenvalue weighted by molar-refractivity contribution is 5.95. The van der Waals surface area contributed by atoms with E-state index in [0.717, 1.165) is 0 Å². The summed E-state index contributed by atoms with van der Waals surface area (Å²) in [6.45, 7) is 5.46. The lowest BCUT2D eigenvalue weighted by atomic mass is 10.0. The number of rotatable bonds is 5. The van der Waals surface area contributed by atoms with Crippen LogP contribution in [-0.2, 0) is 16.6 Å². The van der Waals surface area contributed by atoms with Crippen LogP contribution in [0.4, 0.5) is 0 Å². The topological polar surface area (TPSA) is 77.4 Å². The van der Waals surface area contributed by atoms with Crippen LogP contribution in [0.1, 0.15) is 31.3 Å². The van der Waals surface area contributed by atoms with Gasteiger partial charge in [0.1, 0.15) is 5.69 Å². The molecule has 1 aromatic heterocycles. The summed E-state index contributed by atoms with van der Waals surface area (Å²) in [6.07, 6.45) is 0. The zero-order chi connectivity index (χ0) is 17.9. The number of pyridine rings is 1. The molecule has 0 spiro atoms. The van der Waals surface area contributed by atoms with Gasteiger partial charge in [0.05, 0.1) is 18.0 Å². The van der Waals surface area contributed by atoms with Crippen molar-refractivity contribution in [2.75, 3.05) is 6.61 Å². The second-order valence-corrected chi connectivity index (χ2v) is 5.77. The second-order valence-electron chi connectivity index (χ2n) is 5.77. The van der Waals surface area contributed by atoms with Gasteiger partial charge in [0.15, 0.2) is 5.43 Å². The number of aromatic nitrogens is 1. The molecule has 128 valence electrons. The van der Waals surface area contributed by atoms with E-state index in [9.17, 15) is 14.4 Å². The molecule has 2 atom stereocenters. The van der Waals surface area contributed by atoms with Crippen molar-refractivity contribution in [3.05, 3.63) is 46.2 Å². The van der Waals surface area contributed by atoms with Crippen LogP contribution in [0.5, 0.6) is 0 Å². The van der Waals surface area contributed by atoms with E-state index in [1.54, 1.807) is 50.6 Å². The predicted molar refractivity (Wildman–Crippen MR) is 91.9 cm³/mol. The van der Waals surface area contributed by atoms with E-state index in [1.165, 1.54) is 6.07 Å². The number of nitrogens with one attached hydrogen (secondary N) is 1. The molecule has 0 bridgehead atoms. The van der Waals surface area contributed by atoms with E-state index < -0.39 is 17.9 Å². The highest BCUT2D eigenvalue weighted by Gasteiger charge is 2.24. The van der Waals surface area contributed by atoms with Gasteiger partial charge in [-0.25, -0.2) is 0 Å². The molecule has 1 amide bonds. The van der Waals surface area contributed by atoms with Crippen molar-refractivity contribution < 1.29 is 14.3 Å². The highest BCUT2D eigenvalue weighted by atomic mass is 16.5. The number of aryl methyl sites for hydroxylation is 1. The molecule has 0 fully saturated rings. The Labute approximate surface area is 140 Å². The molecule has 2 aromatic rings. The average Bonchev–Trinajstić information content (AvgIpc) is 2.57. The Bertz CT molecular complexity index is 825. The maximum atomic E-state index is 12.5. The van der Waals surface area contributed by atoms with Gasteiger partial charge in [0.2, 0.25) is 0 Å². The summed E-state index contributed by atoms with van der Waals surface area (Å²) < 4.78 is 6.64. The summed E-state index contributed by atoms with van der Waals surface area (Å²) >= 11 is 0. The fourth-order valence-corrected chi connectivity index (χ4v) is 2.50. The van der Waals surface area contributed by atoms with Crippen molar-refractivity contribution in [3.8, 4) is 0 Å². The molecule has 0 saturated carbocycles. The third-order valence-electron chi connectivity index (χ3n) is 4.16. The number of para-hydroxylation sites is 1. The van der Waals surface area contributed by atoms with E-state index in [2.05, 4.69) is 5.32 Å². The molecular formula is C18H22N2O4. The molecule has 0 radical (unpaired) electrons. The van der Waals surface area contributed by atoms with Crippen molar-refractivity contribution in [3.63, 3.8) is 0 Å².